The van der Waals surface area contributed by atoms with E-state index in [9.17, 15) is 19.1 Å². The van der Waals surface area contributed by atoms with Crippen molar-refractivity contribution in [2.45, 2.75) is 10.6 Å². The van der Waals surface area contributed by atoms with E-state index in [0.717, 1.165) is 0 Å². The number of benzene rings is 2. The highest BCUT2D eigenvalue weighted by atomic mass is 32.2. The van der Waals surface area contributed by atoms with Crippen molar-refractivity contribution in [3.05, 3.63) is 69.8 Å². The maximum atomic E-state index is 12.2. The normalized spacial score (nSPS) is 11.8. The maximum absolute atomic E-state index is 12.2. The first-order chi connectivity index (χ1) is 9.97. The van der Waals surface area contributed by atoms with Crippen molar-refractivity contribution in [1.29, 1.82) is 0 Å². The number of hydrogen-bond donors (Lipinski definition) is 1. The Hall–Kier alpha value is -2.54. The minimum Gasteiger partial charge on any atom is -0.478 e. The first-order valence-corrected chi connectivity index (χ1v) is 7.24. The molecule has 0 aliphatic rings. The molecule has 0 bridgehead atoms. The zero-order valence-corrected chi connectivity index (χ0v) is 11.6. The zero-order valence-electron chi connectivity index (χ0n) is 10.8. The predicted molar refractivity (Wildman–Crippen MR) is 76.6 cm³/mol. The predicted octanol–water partition coefficient (Wildman–Crippen LogP) is 2.60. The van der Waals surface area contributed by atoms with Crippen molar-refractivity contribution in [3.63, 3.8) is 0 Å². The molecule has 2 aromatic rings. The summed E-state index contributed by atoms with van der Waals surface area (Å²) < 4.78 is 12.2. The fourth-order valence-electron chi connectivity index (χ4n) is 1.77. The Balaban J connectivity index is 2.22. The molecule has 1 N–H and O–H groups in total. The van der Waals surface area contributed by atoms with Gasteiger partial charge in [-0.2, -0.15) is 0 Å². The van der Waals surface area contributed by atoms with E-state index in [1.807, 2.05) is 0 Å². The fourth-order valence-corrected chi connectivity index (χ4v) is 2.90. The van der Waals surface area contributed by atoms with Gasteiger partial charge < -0.3 is 5.11 Å². The van der Waals surface area contributed by atoms with Crippen molar-refractivity contribution >= 4 is 22.5 Å². The van der Waals surface area contributed by atoms with Gasteiger partial charge in [0.05, 0.1) is 27.0 Å². The third-order valence-corrected chi connectivity index (χ3v) is 4.14. The van der Waals surface area contributed by atoms with E-state index in [0.29, 0.717) is 10.5 Å². The molecule has 0 amide bonds. The quantitative estimate of drug-likeness (QED) is 0.676. The SMILES string of the molecule is O=C(O)c1cccc(S(=O)Cc2cccc([N+](=O)[O-])c2)c1. The van der Waals surface area contributed by atoms with Crippen LogP contribution in [0.1, 0.15) is 15.9 Å². The monoisotopic (exact) mass is 305 g/mol. The fraction of sp³-hybridized carbons (Fsp3) is 0.0714. The van der Waals surface area contributed by atoms with Gasteiger partial charge in [0.1, 0.15) is 0 Å². The van der Waals surface area contributed by atoms with Crippen LogP contribution in [0.2, 0.25) is 0 Å². The highest BCUT2D eigenvalue weighted by Gasteiger charge is 2.11. The van der Waals surface area contributed by atoms with Gasteiger partial charge in [0.25, 0.3) is 5.69 Å². The molecule has 0 heterocycles. The summed E-state index contributed by atoms with van der Waals surface area (Å²) in [5.41, 5.74) is 0.548. The van der Waals surface area contributed by atoms with Crippen LogP contribution in [0, 0.1) is 10.1 Å². The lowest BCUT2D eigenvalue weighted by Gasteiger charge is -2.04. The number of carbonyl (C=O) groups is 1. The molecule has 0 saturated carbocycles. The summed E-state index contributed by atoms with van der Waals surface area (Å²) in [4.78, 5) is 21.4. The van der Waals surface area contributed by atoms with E-state index in [1.54, 1.807) is 12.1 Å². The van der Waals surface area contributed by atoms with Gasteiger partial charge in [-0.05, 0) is 23.8 Å². The molecule has 0 radical (unpaired) electrons. The number of rotatable bonds is 5. The second-order valence-corrected chi connectivity index (χ2v) is 5.70. The molecule has 0 fully saturated rings. The Labute approximate surface area is 122 Å². The summed E-state index contributed by atoms with van der Waals surface area (Å²) in [6.45, 7) is 0. The van der Waals surface area contributed by atoms with Crippen LogP contribution in [0.15, 0.2) is 53.4 Å². The van der Waals surface area contributed by atoms with E-state index in [4.69, 9.17) is 5.11 Å². The summed E-state index contributed by atoms with van der Waals surface area (Å²) in [6.07, 6.45) is 0. The van der Waals surface area contributed by atoms with E-state index in [2.05, 4.69) is 0 Å². The molecule has 7 heteroatoms. The summed E-state index contributed by atoms with van der Waals surface area (Å²) >= 11 is 0. The average molecular weight is 305 g/mol. The first-order valence-electron chi connectivity index (χ1n) is 5.92. The highest BCUT2D eigenvalue weighted by molar-refractivity contribution is 7.84. The molecule has 1 atom stereocenters. The molecular weight excluding hydrogens is 294 g/mol. The molecule has 0 aliphatic carbocycles. The summed E-state index contributed by atoms with van der Waals surface area (Å²) in [5.74, 6) is -1.01. The van der Waals surface area contributed by atoms with Crippen LogP contribution in [0.3, 0.4) is 0 Å². The Morgan fingerprint density at radius 2 is 1.90 bits per heavy atom. The second kappa shape index (κ2) is 6.27. The van der Waals surface area contributed by atoms with E-state index < -0.39 is 21.7 Å². The van der Waals surface area contributed by atoms with Gasteiger partial charge >= 0.3 is 5.97 Å². The van der Waals surface area contributed by atoms with Crippen LogP contribution < -0.4 is 0 Å². The number of aromatic carboxylic acids is 1. The zero-order chi connectivity index (χ0) is 15.4. The Morgan fingerprint density at radius 3 is 2.57 bits per heavy atom. The minimum absolute atomic E-state index is 0.0555. The van der Waals surface area contributed by atoms with Crippen molar-refractivity contribution in [1.82, 2.24) is 0 Å². The van der Waals surface area contributed by atoms with Crippen LogP contribution in [0.4, 0.5) is 5.69 Å². The summed E-state index contributed by atoms with van der Waals surface area (Å²) in [7, 11) is -1.47. The van der Waals surface area contributed by atoms with Crippen molar-refractivity contribution in [3.8, 4) is 0 Å². The molecule has 2 aromatic carbocycles. The van der Waals surface area contributed by atoms with Gasteiger partial charge in [0, 0.05) is 17.0 Å². The third kappa shape index (κ3) is 3.73. The first kappa shape index (κ1) is 14.9. The number of non-ortho nitro benzene ring substituents is 1. The molecule has 1 unspecified atom stereocenters. The Bertz CT molecular complexity index is 729. The molecule has 0 saturated heterocycles. The summed E-state index contributed by atoms with van der Waals surface area (Å²) in [5, 5.41) is 19.6. The number of carboxylic acids is 1. The van der Waals surface area contributed by atoms with Crippen molar-refractivity contribution in [2.75, 3.05) is 0 Å². The van der Waals surface area contributed by atoms with Crippen LogP contribution in [-0.4, -0.2) is 20.2 Å². The van der Waals surface area contributed by atoms with Gasteiger partial charge in [0.2, 0.25) is 0 Å². The minimum atomic E-state index is -1.47. The largest absolute Gasteiger partial charge is 0.478 e. The van der Waals surface area contributed by atoms with Crippen LogP contribution >= 0.6 is 0 Å². The molecule has 0 aromatic heterocycles. The maximum Gasteiger partial charge on any atom is 0.335 e. The molecule has 21 heavy (non-hydrogen) atoms. The highest BCUT2D eigenvalue weighted by Crippen LogP contribution is 2.18. The molecule has 108 valence electrons. The second-order valence-electron chi connectivity index (χ2n) is 4.25. The summed E-state index contributed by atoms with van der Waals surface area (Å²) in [6, 6.07) is 11.7. The topological polar surface area (TPSA) is 97.5 Å². The molecule has 6 nitrogen and oxygen atoms in total. The number of carboxylic acid groups (broad SMARTS) is 1. The van der Waals surface area contributed by atoms with Crippen LogP contribution in [0.25, 0.3) is 0 Å². The van der Waals surface area contributed by atoms with Crippen molar-refractivity contribution in [2.24, 2.45) is 0 Å². The van der Waals surface area contributed by atoms with E-state index in [1.165, 1.54) is 36.4 Å². The average Bonchev–Trinajstić information content (AvgIpc) is 2.47. The molecule has 2 rings (SSSR count). The lowest BCUT2D eigenvalue weighted by Crippen LogP contribution is -2.01. The van der Waals surface area contributed by atoms with Crippen LogP contribution in [0.5, 0.6) is 0 Å². The molecular formula is C14H11NO5S. The van der Waals surface area contributed by atoms with Gasteiger partial charge in [-0.3, -0.25) is 14.3 Å². The van der Waals surface area contributed by atoms with E-state index >= 15 is 0 Å². The van der Waals surface area contributed by atoms with Gasteiger partial charge in [-0.15, -0.1) is 0 Å². The van der Waals surface area contributed by atoms with Gasteiger partial charge in [-0.1, -0.05) is 18.2 Å². The third-order valence-electron chi connectivity index (χ3n) is 2.76. The van der Waals surface area contributed by atoms with Gasteiger partial charge in [0.15, 0.2) is 0 Å². The Morgan fingerprint density at radius 1 is 1.19 bits per heavy atom. The standard InChI is InChI=1S/C14H11NO5S/c16-14(17)11-4-2-6-13(8-11)21(20)9-10-3-1-5-12(7-10)15(18)19/h1-8H,9H2,(H,16,17). The van der Waals surface area contributed by atoms with E-state index in [-0.39, 0.29) is 17.0 Å². The lowest BCUT2D eigenvalue weighted by molar-refractivity contribution is -0.384. The number of nitro groups is 1. The number of hydrogen-bond acceptors (Lipinski definition) is 4. The Kier molecular flexibility index (Phi) is 4.44. The van der Waals surface area contributed by atoms with Crippen LogP contribution in [-0.2, 0) is 16.6 Å². The number of nitrogens with zero attached hydrogens (tertiary/aromatic N) is 1. The molecule has 0 spiro atoms. The lowest BCUT2D eigenvalue weighted by atomic mass is 10.2. The van der Waals surface area contributed by atoms with Crippen molar-refractivity contribution < 1.29 is 19.0 Å². The number of nitro benzene ring substituents is 1. The van der Waals surface area contributed by atoms with Gasteiger partial charge in [-0.25, -0.2) is 4.79 Å². The smallest absolute Gasteiger partial charge is 0.335 e. The molecule has 0 aliphatic heterocycles.